The van der Waals surface area contributed by atoms with Gasteiger partial charge in [-0.25, -0.2) is 0 Å². The summed E-state index contributed by atoms with van der Waals surface area (Å²) in [6.07, 6.45) is 0. The number of carbonyl (C=O) groups is 1. The molecule has 0 spiro atoms. The van der Waals surface area contributed by atoms with Gasteiger partial charge in [0.25, 0.3) is 11.6 Å². The van der Waals surface area contributed by atoms with Crippen molar-refractivity contribution in [2.75, 3.05) is 5.32 Å². The molecular weight excluding hydrogens is 360 g/mol. The Bertz CT molecular complexity index is 1200. The minimum atomic E-state index is -0.577. The van der Waals surface area contributed by atoms with Gasteiger partial charge in [0, 0.05) is 17.3 Å². The number of fused-ring (bicyclic) bond motifs is 1. The summed E-state index contributed by atoms with van der Waals surface area (Å²) in [5.41, 5.74) is 2.53. The molecule has 4 rings (SSSR count). The molecule has 1 N–H and O–H groups in total. The van der Waals surface area contributed by atoms with E-state index in [0.29, 0.717) is 17.2 Å². The second kappa shape index (κ2) is 6.88. The Morgan fingerprint density at radius 3 is 2.54 bits per heavy atom. The monoisotopic (exact) mass is 374 g/mol. The third kappa shape index (κ3) is 3.16. The standard InChI is InChI=1S/C19H14N6O3/c1-12-21-22-18-11-10-16(23-24(12)18)13-6-8-14(9-7-13)20-19(26)15-4-2-3-5-17(15)25(27)28/h2-11H,1H3,(H,20,26). The molecule has 1 amide bonds. The number of hydrogen-bond acceptors (Lipinski definition) is 6. The lowest BCUT2D eigenvalue weighted by Crippen LogP contribution is -2.13. The molecule has 0 saturated carbocycles. The van der Waals surface area contributed by atoms with E-state index in [1.165, 1.54) is 18.2 Å². The number of para-hydroxylation sites is 1. The summed E-state index contributed by atoms with van der Waals surface area (Å²) in [4.78, 5) is 22.9. The van der Waals surface area contributed by atoms with Crippen molar-refractivity contribution in [3.8, 4) is 11.3 Å². The molecule has 0 unspecified atom stereocenters. The van der Waals surface area contributed by atoms with Gasteiger partial charge in [-0.1, -0.05) is 24.3 Å². The summed E-state index contributed by atoms with van der Waals surface area (Å²) in [6.45, 7) is 1.82. The maximum Gasteiger partial charge on any atom is 0.282 e. The Hall–Kier alpha value is -4.14. The highest BCUT2D eigenvalue weighted by Crippen LogP contribution is 2.22. The van der Waals surface area contributed by atoms with E-state index in [0.717, 1.165) is 11.3 Å². The van der Waals surface area contributed by atoms with Crippen molar-refractivity contribution in [1.82, 2.24) is 19.8 Å². The molecule has 4 aromatic rings. The Kier molecular flexibility index (Phi) is 4.24. The van der Waals surface area contributed by atoms with E-state index in [1.54, 1.807) is 22.7 Å². The molecule has 0 aliphatic rings. The Balaban J connectivity index is 1.57. The van der Waals surface area contributed by atoms with E-state index in [1.807, 2.05) is 31.2 Å². The molecular formula is C19H14N6O3. The van der Waals surface area contributed by atoms with Crippen LogP contribution in [0.15, 0.2) is 60.7 Å². The number of carbonyl (C=O) groups excluding carboxylic acids is 1. The number of hydrogen-bond donors (Lipinski definition) is 1. The molecule has 2 aromatic heterocycles. The van der Waals surface area contributed by atoms with Crippen LogP contribution in [0.2, 0.25) is 0 Å². The molecule has 0 bridgehead atoms. The van der Waals surface area contributed by atoms with Gasteiger partial charge in [-0.05, 0) is 37.3 Å². The van der Waals surface area contributed by atoms with Gasteiger partial charge in [-0.3, -0.25) is 14.9 Å². The van der Waals surface area contributed by atoms with E-state index in [2.05, 4.69) is 20.6 Å². The number of amides is 1. The molecule has 9 heteroatoms. The lowest BCUT2D eigenvalue weighted by atomic mass is 10.1. The van der Waals surface area contributed by atoms with Gasteiger partial charge in [0.1, 0.15) is 5.56 Å². The van der Waals surface area contributed by atoms with Crippen molar-refractivity contribution >= 4 is 22.9 Å². The van der Waals surface area contributed by atoms with E-state index >= 15 is 0 Å². The molecule has 9 nitrogen and oxygen atoms in total. The highest BCUT2D eigenvalue weighted by Gasteiger charge is 2.19. The normalized spacial score (nSPS) is 10.8. The van der Waals surface area contributed by atoms with Crippen molar-refractivity contribution in [2.45, 2.75) is 6.92 Å². The van der Waals surface area contributed by atoms with Crippen LogP contribution in [0.25, 0.3) is 16.9 Å². The van der Waals surface area contributed by atoms with Gasteiger partial charge >= 0.3 is 0 Å². The second-order valence-electron chi connectivity index (χ2n) is 6.04. The largest absolute Gasteiger partial charge is 0.322 e. The van der Waals surface area contributed by atoms with E-state index < -0.39 is 10.8 Å². The van der Waals surface area contributed by atoms with Gasteiger partial charge in [-0.15, -0.1) is 10.2 Å². The Morgan fingerprint density at radius 2 is 1.79 bits per heavy atom. The molecule has 0 atom stereocenters. The first kappa shape index (κ1) is 17.3. The average molecular weight is 374 g/mol. The second-order valence-corrected chi connectivity index (χ2v) is 6.04. The van der Waals surface area contributed by atoms with Gasteiger partial charge in [0.15, 0.2) is 11.5 Å². The number of nitro groups is 1. The van der Waals surface area contributed by atoms with Crippen LogP contribution in [0.1, 0.15) is 16.2 Å². The zero-order valence-corrected chi connectivity index (χ0v) is 14.7. The topological polar surface area (TPSA) is 115 Å². The number of nitro benzene ring substituents is 1. The summed E-state index contributed by atoms with van der Waals surface area (Å²) >= 11 is 0. The highest BCUT2D eigenvalue weighted by atomic mass is 16.6. The molecule has 138 valence electrons. The third-order valence-electron chi connectivity index (χ3n) is 4.20. The van der Waals surface area contributed by atoms with Gasteiger partial charge in [0.05, 0.1) is 10.6 Å². The number of anilines is 1. The van der Waals surface area contributed by atoms with Crippen molar-refractivity contribution in [3.63, 3.8) is 0 Å². The van der Waals surface area contributed by atoms with Crippen molar-refractivity contribution in [1.29, 1.82) is 0 Å². The van der Waals surface area contributed by atoms with Crippen LogP contribution in [0, 0.1) is 17.0 Å². The van der Waals surface area contributed by atoms with Crippen molar-refractivity contribution in [2.24, 2.45) is 0 Å². The lowest BCUT2D eigenvalue weighted by Gasteiger charge is -2.07. The summed E-state index contributed by atoms with van der Waals surface area (Å²) in [6, 6.07) is 16.5. The van der Waals surface area contributed by atoms with E-state index in [9.17, 15) is 14.9 Å². The number of rotatable bonds is 4. The predicted octanol–water partition coefficient (Wildman–Crippen LogP) is 3.26. The number of aryl methyl sites for hydroxylation is 1. The molecule has 2 heterocycles. The number of benzene rings is 2. The molecule has 2 aromatic carbocycles. The van der Waals surface area contributed by atoms with Crippen LogP contribution in [0.4, 0.5) is 11.4 Å². The van der Waals surface area contributed by atoms with Crippen LogP contribution in [-0.4, -0.2) is 30.6 Å². The fourth-order valence-corrected chi connectivity index (χ4v) is 2.80. The smallest absolute Gasteiger partial charge is 0.282 e. The third-order valence-corrected chi connectivity index (χ3v) is 4.20. The first-order valence-corrected chi connectivity index (χ1v) is 8.37. The molecule has 0 fully saturated rings. The van der Waals surface area contributed by atoms with Crippen LogP contribution in [-0.2, 0) is 0 Å². The van der Waals surface area contributed by atoms with Crippen molar-refractivity contribution < 1.29 is 9.72 Å². The number of nitrogens with zero attached hydrogens (tertiary/aromatic N) is 5. The quantitative estimate of drug-likeness (QED) is 0.433. The maximum absolute atomic E-state index is 12.4. The molecule has 28 heavy (non-hydrogen) atoms. The number of aromatic nitrogens is 4. The van der Waals surface area contributed by atoms with Gasteiger partial charge < -0.3 is 5.32 Å². The SMILES string of the molecule is Cc1nnc2ccc(-c3ccc(NC(=O)c4ccccc4[N+](=O)[O-])cc3)nn12. The minimum Gasteiger partial charge on any atom is -0.322 e. The van der Waals surface area contributed by atoms with Crippen LogP contribution in [0.5, 0.6) is 0 Å². The van der Waals surface area contributed by atoms with Crippen LogP contribution in [0.3, 0.4) is 0 Å². The average Bonchev–Trinajstić information content (AvgIpc) is 3.09. The van der Waals surface area contributed by atoms with E-state index in [-0.39, 0.29) is 11.3 Å². The molecule has 0 saturated heterocycles. The number of nitrogens with one attached hydrogen (secondary N) is 1. The summed E-state index contributed by atoms with van der Waals surface area (Å²) in [5.74, 6) is 0.143. The summed E-state index contributed by atoms with van der Waals surface area (Å²) in [5, 5.41) is 26.3. The Morgan fingerprint density at radius 1 is 1.04 bits per heavy atom. The predicted molar refractivity (Wildman–Crippen MR) is 102 cm³/mol. The van der Waals surface area contributed by atoms with Gasteiger partial charge in [0.2, 0.25) is 0 Å². The first-order valence-electron chi connectivity index (χ1n) is 8.37. The fraction of sp³-hybridized carbons (Fsp3) is 0.0526. The zero-order chi connectivity index (χ0) is 19.7. The maximum atomic E-state index is 12.4. The minimum absolute atomic E-state index is 0.00628. The highest BCUT2D eigenvalue weighted by molar-refractivity contribution is 6.07. The van der Waals surface area contributed by atoms with Crippen molar-refractivity contribution in [3.05, 3.63) is 82.2 Å². The molecule has 0 aliphatic carbocycles. The van der Waals surface area contributed by atoms with Gasteiger partial charge in [-0.2, -0.15) is 9.61 Å². The zero-order valence-electron chi connectivity index (χ0n) is 14.7. The van der Waals surface area contributed by atoms with Crippen LogP contribution >= 0.6 is 0 Å². The summed E-state index contributed by atoms with van der Waals surface area (Å²) < 4.78 is 1.65. The first-order chi connectivity index (χ1) is 13.5. The van der Waals surface area contributed by atoms with Crippen LogP contribution < -0.4 is 5.32 Å². The summed E-state index contributed by atoms with van der Waals surface area (Å²) in [7, 11) is 0. The molecule has 0 aliphatic heterocycles. The Labute approximate surface area is 158 Å². The fourth-order valence-electron chi connectivity index (χ4n) is 2.80. The lowest BCUT2D eigenvalue weighted by molar-refractivity contribution is -0.385. The van der Waals surface area contributed by atoms with E-state index in [4.69, 9.17) is 0 Å². The molecule has 0 radical (unpaired) electrons.